The van der Waals surface area contributed by atoms with Crippen molar-refractivity contribution in [1.82, 2.24) is 4.90 Å². The number of esters is 1. The Morgan fingerprint density at radius 2 is 2.11 bits per heavy atom. The molecular weight excluding hydrogens is 246 g/mol. The molecule has 0 unspecified atom stereocenters. The van der Waals surface area contributed by atoms with Gasteiger partial charge in [-0.3, -0.25) is 4.79 Å². The number of hydrogen-bond acceptors (Lipinski definition) is 5. The predicted molar refractivity (Wildman–Crippen MR) is 68.3 cm³/mol. The van der Waals surface area contributed by atoms with Crippen LogP contribution in [-0.4, -0.2) is 44.9 Å². The highest BCUT2D eigenvalue weighted by Crippen LogP contribution is 2.39. The van der Waals surface area contributed by atoms with Crippen molar-refractivity contribution in [2.24, 2.45) is 5.92 Å². The van der Waals surface area contributed by atoms with E-state index in [1.54, 1.807) is 0 Å². The van der Waals surface area contributed by atoms with Crippen molar-refractivity contribution < 1.29 is 19.0 Å². The van der Waals surface area contributed by atoms with E-state index in [-0.39, 0.29) is 24.6 Å². The number of fused-ring (bicyclic) bond motifs is 1. The van der Waals surface area contributed by atoms with Gasteiger partial charge in [-0.15, -0.1) is 0 Å². The minimum absolute atomic E-state index is 0.115. The van der Waals surface area contributed by atoms with E-state index in [1.165, 1.54) is 7.11 Å². The summed E-state index contributed by atoms with van der Waals surface area (Å²) >= 11 is 0. The molecular formula is C14H17NO4. The Bertz CT molecular complexity index is 502. The predicted octanol–water partition coefficient (Wildman–Crippen LogP) is 1.23. The summed E-state index contributed by atoms with van der Waals surface area (Å²) in [7, 11) is 3.46. The van der Waals surface area contributed by atoms with Gasteiger partial charge in [-0.05, 0) is 24.7 Å². The van der Waals surface area contributed by atoms with Gasteiger partial charge in [-0.25, -0.2) is 0 Å². The fourth-order valence-corrected chi connectivity index (χ4v) is 2.87. The van der Waals surface area contributed by atoms with E-state index in [0.29, 0.717) is 0 Å². The van der Waals surface area contributed by atoms with Crippen LogP contribution in [-0.2, 0) is 9.53 Å². The van der Waals surface area contributed by atoms with Crippen molar-refractivity contribution in [2.75, 3.05) is 34.0 Å². The molecule has 2 heterocycles. The van der Waals surface area contributed by atoms with E-state index in [4.69, 9.17) is 14.2 Å². The van der Waals surface area contributed by atoms with E-state index in [0.717, 1.165) is 30.2 Å². The van der Waals surface area contributed by atoms with E-state index >= 15 is 0 Å². The molecule has 102 valence electrons. The topological polar surface area (TPSA) is 48.0 Å². The largest absolute Gasteiger partial charge is 0.469 e. The summed E-state index contributed by atoms with van der Waals surface area (Å²) in [5.74, 6) is 1.41. The van der Waals surface area contributed by atoms with Crippen molar-refractivity contribution in [2.45, 2.75) is 5.92 Å². The molecule has 0 aliphatic carbocycles. The summed E-state index contributed by atoms with van der Waals surface area (Å²) in [5.41, 5.74) is 1.10. The minimum Gasteiger partial charge on any atom is -0.469 e. The highest BCUT2D eigenvalue weighted by atomic mass is 16.7. The molecule has 19 heavy (non-hydrogen) atoms. The number of likely N-dealkylation sites (N-methyl/N-ethyl adjacent to an activating group) is 1. The van der Waals surface area contributed by atoms with Gasteiger partial charge in [0.25, 0.3) is 0 Å². The Balaban J connectivity index is 1.89. The zero-order valence-corrected chi connectivity index (χ0v) is 11.1. The first-order chi connectivity index (χ1) is 9.19. The number of carbonyl (C=O) groups is 1. The molecule has 2 aliphatic rings. The average Bonchev–Trinajstić information content (AvgIpc) is 3.02. The Morgan fingerprint density at radius 1 is 1.32 bits per heavy atom. The molecule has 0 amide bonds. The third-order valence-corrected chi connectivity index (χ3v) is 3.83. The average molecular weight is 263 g/mol. The molecule has 5 nitrogen and oxygen atoms in total. The zero-order chi connectivity index (χ0) is 13.4. The molecule has 2 aliphatic heterocycles. The summed E-state index contributed by atoms with van der Waals surface area (Å²) in [6.07, 6.45) is 0. The lowest BCUT2D eigenvalue weighted by Gasteiger charge is -2.17. The van der Waals surface area contributed by atoms with Gasteiger partial charge in [0.05, 0.1) is 13.0 Å². The molecule has 5 heteroatoms. The van der Waals surface area contributed by atoms with Crippen LogP contribution in [0.15, 0.2) is 18.2 Å². The number of ether oxygens (including phenoxy) is 3. The molecule has 0 spiro atoms. The first kappa shape index (κ1) is 12.3. The Labute approximate surface area is 112 Å². The van der Waals surface area contributed by atoms with E-state index < -0.39 is 0 Å². The number of rotatable bonds is 2. The molecule has 2 atom stereocenters. The molecule has 1 saturated heterocycles. The van der Waals surface area contributed by atoms with Crippen LogP contribution in [0.5, 0.6) is 11.5 Å². The third kappa shape index (κ3) is 2.14. The standard InChI is InChI=1S/C14H17NO4/c1-15-6-10(11(7-15)14(16)17-2)9-3-4-12-13(5-9)19-8-18-12/h3-5,10-11H,6-8H2,1-2H3/t10-,11-/m0/s1. The van der Waals surface area contributed by atoms with Crippen LogP contribution < -0.4 is 9.47 Å². The second-order valence-electron chi connectivity index (χ2n) is 5.07. The number of carbonyl (C=O) groups excluding carboxylic acids is 1. The second kappa shape index (κ2) is 4.74. The van der Waals surface area contributed by atoms with Crippen molar-refractivity contribution >= 4 is 5.97 Å². The van der Waals surface area contributed by atoms with Crippen molar-refractivity contribution in [3.8, 4) is 11.5 Å². The van der Waals surface area contributed by atoms with E-state index in [2.05, 4.69) is 4.90 Å². The number of methoxy groups -OCH3 is 1. The van der Waals surface area contributed by atoms with Crippen molar-refractivity contribution in [3.63, 3.8) is 0 Å². The molecule has 3 rings (SSSR count). The van der Waals surface area contributed by atoms with Gasteiger partial charge in [-0.2, -0.15) is 0 Å². The van der Waals surface area contributed by atoms with Gasteiger partial charge >= 0.3 is 5.97 Å². The lowest BCUT2D eigenvalue weighted by atomic mass is 9.89. The summed E-state index contributed by atoms with van der Waals surface area (Å²) in [4.78, 5) is 14.0. The minimum atomic E-state index is -0.146. The van der Waals surface area contributed by atoms with E-state index in [1.807, 2.05) is 25.2 Å². The SMILES string of the molecule is COC(=O)[C@H]1CN(C)C[C@H]1c1ccc2c(c1)OCO2. The molecule has 0 radical (unpaired) electrons. The normalized spacial score (nSPS) is 25.6. The first-order valence-electron chi connectivity index (χ1n) is 6.35. The number of nitrogens with zero attached hydrogens (tertiary/aromatic N) is 1. The molecule has 1 aromatic rings. The first-order valence-corrected chi connectivity index (χ1v) is 6.35. The maximum absolute atomic E-state index is 11.9. The second-order valence-corrected chi connectivity index (χ2v) is 5.07. The van der Waals surface area contributed by atoms with Gasteiger partial charge < -0.3 is 19.1 Å². The molecule has 0 aromatic heterocycles. The van der Waals surface area contributed by atoms with Crippen LogP contribution in [0.25, 0.3) is 0 Å². The summed E-state index contributed by atoms with van der Waals surface area (Å²) in [6.45, 7) is 1.84. The van der Waals surface area contributed by atoms with Gasteiger partial charge in [0.15, 0.2) is 11.5 Å². The van der Waals surface area contributed by atoms with Crippen LogP contribution in [0.1, 0.15) is 11.5 Å². The summed E-state index contributed by atoms with van der Waals surface area (Å²) < 4.78 is 15.6. The van der Waals surface area contributed by atoms with Crippen LogP contribution in [0.2, 0.25) is 0 Å². The summed E-state index contributed by atoms with van der Waals surface area (Å²) in [6, 6.07) is 5.89. The molecule has 0 N–H and O–H groups in total. The van der Waals surface area contributed by atoms with Gasteiger partial charge in [0, 0.05) is 19.0 Å². The van der Waals surface area contributed by atoms with E-state index in [9.17, 15) is 4.79 Å². The maximum atomic E-state index is 11.9. The van der Waals surface area contributed by atoms with Gasteiger partial charge in [0.2, 0.25) is 6.79 Å². The fourth-order valence-electron chi connectivity index (χ4n) is 2.87. The van der Waals surface area contributed by atoms with Gasteiger partial charge in [0.1, 0.15) is 0 Å². The third-order valence-electron chi connectivity index (χ3n) is 3.83. The number of hydrogen-bond donors (Lipinski definition) is 0. The van der Waals surface area contributed by atoms with Gasteiger partial charge in [-0.1, -0.05) is 6.07 Å². The van der Waals surface area contributed by atoms with Crippen LogP contribution in [0, 0.1) is 5.92 Å². The van der Waals surface area contributed by atoms with Crippen LogP contribution >= 0.6 is 0 Å². The Kier molecular flexibility index (Phi) is 3.06. The zero-order valence-electron chi connectivity index (χ0n) is 11.1. The van der Waals surface area contributed by atoms with Crippen LogP contribution in [0.4, 0.5) is 0 Å². The number of benzene rings is 1. The fraction of sp³-hybridized carbons (Fsp3) is 0.500. The molecule has 0 bridgehead atoms. The Hall–Kier alpha value is -1.75. The quantitative estimate of drug-likeness (QED) is 0.751. The monoisotopic (exact) mass is 263 g/mol. The lowest BCUT2D eigenvalue weighted by molar-refractivity contribution is -0.145. The lowest BCUT2D eigenvalue weighted by Crippen LogP contribution is -2.23. The Morgan fingerprint density at radius 3 is 2.89 bits per heavy atom. The maximum Gasteiger partial charge on any atom is 0.310 e. The summed E-state index contributed by atoms with van der Waals surface area (Å²) in [5, 5.41) is 0. The highest BCUT2D eigenvalue weighted by Gasteiger charge is 2.38. The van der Waals surface area contributed by atoms with Crippen molar-refractivity contribution in [1.29, 1.82) is 0 Å². The molecule has 1 fully saturated rings. The van der Waals surface area contributed by atoms with Crippen LogP contribution in [0.3, 0.4) is 0 Å². The highest BCUT2D eigenvalue weighted by molar-refractivity contribution is 5.74. The van der Waals surface area contributed by atoms with Crippen molar-refractivity contribution in [3.05, 3.63) is 23.8 Å². The number of likely N-dealkylation sites (tertiary alicyclic amines) is 1. The molecule has 1 aromatic carbocycles. The smallest absolute Gasteiger partial charge is 0.310 e. The molecule has 0 saturated carbocycles.